The topological polar surface area (TPSA) is 69.7 Å². The Morgan fingerprint density at radius 2 is 1.62 bits per heavy atom. The highest BCUT2D eigenvalue weighted by Crippen LogP contribution is 2.16. The molecule has 2 aromatic rings. The number of amides is 1. The van der Waals surface area contributed by atoms with Crippen LogP contribution in [0.5, 0.6) is 0 Å². The van der Waals surface area contributed by atoms with Gasteiger partial charge < -0.3 is 10.2 Å². The summed E-state index contributed by atoms with van der Waals surface area (Å²) in [5, 5.41) is 3.29. The fourth-order valence-corrected chi connectivity index (χ4v) is 3.15. The van der Waals surface area contributed by atoms with Crippen LogP contribution in [0.2, 0.25) is 5.02 Å². The molecule has 0 radical (unpaired) electrons. The van der Waals surface area contributed by atoms with Crippen molar-refractivity contribution in [2.75, 3.05) is 37.1 Å². The maximum absolute atomic E-state index is 12.3. The van der Waals surface area contributed by atoms with Gasteiger partial charge in [-0.2, -0.15) is 4.31 Å². The van der Waals surface area contributed by atoms with Crippen molar-refractivity contribution in [2.24, 2.45) is 0 Å². The summed E-state index contributed by atoms with van der Waals surface area (Å²) in [7, 11) is 0.304. The molecular formula is C18H22ClN3O3S. The molecule has 0 spiro atoms. The Morgan fingerprint density at radius 1 is 1.04 bits per heavy atom. The van der Waals surface area contributed by atoms with Crippen molar-refractivity contribution in [3.05, 3.63) is 59.1 Å². The first-order chi connectivity index (χ1) is 12.1. The van der Waals surface area contributed by atoms with Crippen LogP contribution in [-0.2, 0) is 21.4 Å². The van der Waals surface area contributed by atoms with Gasteiger partial charge in [0, 0.05) is 37.0 Å². The molecule has 2 aromatic carbocycles. The summed E-state index contributed by atoms with van der Waals surface area (Å²) >= 11 is 5.84. The highest BCUT2D eigenvalue weighted by atomic mass is 35.5. The summed E-state index contributed by atoms with van der Waals surface area (Å²) in [4.78, 5) is 14.2. The number of halogens is 1. The smallest absolute Gasteiger partial charge is 0.239 e. The van der Waals surface area contributed by atoms with Crippen LogP contribution in [-0.4, -0.2) is 45.5 Å². The van der Waals surface area contributed by atoms with Crippen LogP contribution >= 0.6 is 11.6 Å². The van der Waals surface area contributed by atoms with Gasteiger partial charge in [-0.3, -0.25) is 4.79 Å². The number of rotatable bonds is 7. The maximum atomic E-state index is 12.3. The number of carbonyl (C=O) groups is 1. The lowest BCUT2D eigenvalue weighted by Gasteiger charge is -2.20. The Hall–Kier alpha value is -2.09. The standard InChI is InChI=1S/C18H22ClN3O3S/c1-21(2)17-10-8-16(9-11-17)20-18(23)13-22(26(3,24)25)12-14-4-6-15(19)7-5-14/h4-11H,12-13H2,1-3H3,(H,20,23). The second kappa shape index (κ2) is 8.53. The fourth-order valence-electron chi connectivity index (χ4n) is 2.29. The van der Waals surface area contributed by atoms with Crippen molar-refractivity contribution >= 4 is 38.9 Å². The summed E-state index contributed by atoms with van der Waals surface area (Å²) in [6, 6.07) is 14.1. The first-order valence-corrected chi connectivity index (χ1v) is 10.1. The first-order valence-electron chi connectivity index (χ1n) is 7.92. The van der Waals surface area contributed by atoms with Crippen LogP contribution in [0.25, 0.3) is 0 Å². The van der Waals surface area contributed by atoms with E-state index in [0.29, 0.717) is 10.7 Å². The second-order valence-electron chi connectivity index (χ2n) is 6.15. The average Bonchev–Trinajstić information content (AvgIpc) is 2.56. The third kappa shape index (κ3) is 6.01. The zero-order valence-electron chi connectivity index (χ0n) is 14.9. The van der Waals surface area contributed by atoms with Gasteiger partial charge in [0.25, 0.3) is 0 Å². The van der Waals surface area contributed by atoms with E-state index in [1.165, 1.54) is 0 Å². The Labute approximate surface area is 159 Å². The van der Waals surface area contributed by atoms with Crippen LogP contribution in [0.1, 0.15) is 5.56 Å². The molecule has 0 aliphatic heterocycles. The van der Waals surface area contributed by atoms with Gasteiger partial charge in [-0.05, 0) is 42.0 Å². The lowest BCUT2D eigenvalue weighted by atomic mass is 10.2. The number of hydrogen-bond acceptors (Lipinski definition) is 4. The highest BCUT2D eigenvalue weighted by molar-refractivity contribution is 7.88. The molecule has 0 atom stereocenters. The van der Waals surface area contributed by atoms with Gasteiger partial charge in [-0.25, -0.2) is 8.42 Å². The van der Waals surface area contributed by atoms with Gasteiger partial charge in [0.15, 0.2) is 0 Å². The Kier molecular flexibility index (Phi) is 6.63. The fraction of sp³-hybridized carbons (Fsp3) is 0.278. The third-order valence-electron chi connectivity index (χ3n) is 3.73. The van der Waals surface area contributed by atoms with Crippen LogP contribution in [0.3, 0.4) is 0 Å². The number of nitrogens with one attached hydrogen (secondary N) is 1. The molecule has 0 aliphatic rings. The summed E-state index contributed by atoms with van der Waals surface area (Å²) < 4.78 is 25.2. The minimum absolute atomic E-state index is 0.100. The number of benzene rings is 2. The van der Waals surface area contributed by atoms with Crippen LogP contribution in [0, 0.1) is 0 Å². The Balaban J connectivity index is 2.05. The molecular weight excluding hydrogens is 374 g/mol. The van der Waals surface area contributed by atoms with E-state index in [9.17, 15) is 13.2 Å². The van der Waals surface area contributed by atoms with E-state index in [1.54, 1.807) is 36.4 Å². The predicted molar refractivity (Wildman–Crippen MR) is 106 cm³/mol. The Bertz CT molecular complexity index is 850. The first kappa shape index (κ1) is 20.2. The molecule has 0 saturated heterocycles. The Morgan fingerprint density at radius 3 is 2.12 bits per heavy atom. The average molecular weight is 396 g/mol. The van der Waals surface area contributed by atoms with E-state index in [4.69, 9.17) is 11.6 Å². The molecule has 0 fully saturated rings. The van der Waals surface area contributed by atoms with Crippen molar-refractivity contribution in [2.45, 2.75) is 6.54 Å². The molecule has 0 heterocycles. The normalized spacial score (nSPS) is 11.4. The van der Waals surface area contributed by atoms with Crippen molar-refractivity contribution in [3.63, 3.8) is 0 Å². The SMILES string of the molecule is CN(C)c1ccc(NC(=O)CN(Cc2ccc(Cl)cc2)S(C)(=O)=O)cc1. The largest absolute Gasteiger partial charge is 0.378 e. The minimum atomic E-state index is -3.55. The van der Waals surface area contributed by atoms with Crippen molar-refractivity contribution in [3.8, 4) is 0 Å². The number of anilines is 2. The van der Waals surface area contributed by atoms with Crippen molar-refractivity contribution in [1.82, 2.24) is 4.31 Å². The van der Waals surface area contributed by atoms with Gasteiger partial charge in [-0.15, -0.1) is 0 Å². The number of hydrogen-bond donors (Lipinski definition) is 1. The van der Waals surface area contributed by atoms with E-state index < -0.39 is 15.9 Å². The van der Waals surface area contributed by atoms with Gasteiger partial charge >= 0.3 is 0 Å². The molecule has 6 nitrogen and oxygen atoms in total. The third-order valence-corrected chi connectivity index (χ3v) is 5.18. The van der Waals surface area contributed by atoms with E-state index in [2.05, 4.69) is 5.32 Å². The predicted octanol–water partition coefficient (Wildman–Crippen LogP) is 2.81. The lowest BCUT2D eigenvalue weighted by Crippen LogP contribution is -2.36. The highest BCUT2D eigenvalue weighted by Gasteiger charge is 2.20. The molecule has 0 aromatic heterocycles. The number of nitrogens with zero attached hydrogens (tertiary/aromatic N) is 2. The molecule has 0 aliphatic carbocycles. The second-order valence-corrected chi connectivity index (χ2v) is 8.57. The quantitative estimate of drug-likeness (QED) is 0.782. The molecule has 0 saturated carbocycles. The number of carbonyl (C=O) groups excluding carboxylic acids is 1. The zero-order chi connectivity index (χ0) is 19.3. The molecule has 1 amide bonds. The van der Waals surface area contributed by atoms with E-state index in [0.717, 1.165) is 21.8 Å². The van der Waals surface area contributed by atoms with Crippen LogP contribution in [0.4, 0.5) is 11.4 Å². The van der Waals surface area contributed by atoms with E-state index in [1.807, 2.05) is 31.1 Å². The minimum Gasteiger partial charge on any atom is -0.378 e. The molecule has 2 rings (SSSR count). The molecule has 140 valence electrons. The van der Waals surface area contributed by atoms with Crippen LogP contribution < -0.4 is 10.2 Å². The summed E-state index contributed by atoms with van der Waals surface area (Å²) in [5.74, 6) is -0.401. The zero-order valence-corrected chi connectivity index (χ0v) is 16.5. The van der Waals surface area contributed by atoms with Gasteiger partial charge in [0.05, 0.1) is 12.8 Å². The van der Waals surface area contributed by atoms with Gasteiger partial charge in [0.2, 0.25) is 15.9 Å². The van der Waals surface area contributed by atoms with Gasteiger partial charge in [-0.1, -0.05) is 23.7 Å². The van der Waals surface area contributed by atoms with Crippen molar-refractivity contribution < 1.29 is 13.2 Å². The van der Waals surface area contributed by atoms with Crippen LogP contribution in [0.15, 0.2) is 48.5 Å². The monoisotopic (exact) mass is 395 g/mol. The maximum Gasteiger partial charge on any atom is 0.239 e. The molecule has 8 heteroatoms. The number of sulfonamides is 1. The molecule has 26 heavy (non-hydrogen) atoms. The molecule has 1 N–H and O–H groups in total. The summed E-state index contributed by atoms with van der Waals surface area (Å²) in [5.41, 5.74) is 2.37. The van der Waals surface area contributed by atoms with E-state index >= 15 is 0 Å². The molecule has 0 unspecified atom stereocenters. The van der Waals surface area contributed by atoms with E-state index in [-0.39, 0.29) is 13.1 Å². The summed E-state index contributed by atoms with van der Waals surface area (Å²) in [6.07, 6.45) is 1.09. The summed E-state index contributed by atoms with van der Waals surface area (Å²) in [6.45, 7) is -0.167. The molecule has 0 bridgehead atoms. The lowest BCUT2D eigenvalue weighted by molar-refractivity contribution is -0.116. The van der Waals surface area contributed by atoms with Crippen molar-refractivity contribution in [1.29, 1.82) is 0 Å². The van der Waals surface area contributed by atoms with Gasteiger partial charge in [0.1, 0.15) is 0 Å².